The molecule has 0 atom stereocenters. The highest BCUT2D eigenvalue weighted by Crippen LogP contribution is 2.22. The first-order valence-electron chi connectivity index (χ1n) is 7.65. The van der Waals surface area contributed by atoms with E-state index in [9.17, 15) is 22.0 Å². The van der Waals surface area contributed by atoms with Crippen LogP contribution in [0.2, 0.25) is 0 Å². The summed E-state index contributed by atoms with van der Waals surface area (Å²) < 4.78 is 54.7. The summed E-state index contributed by atoms with van der Waals surface area (Å²) in [6.45, 7) is 0.515. The molecule has 1 aromatic heterocycles. The molecular weight excluding hydrogens is 352 g/mol. The molecule has 2 heterocycles. The van der Waals surface area contributed by atoms with Crippen LogP contribution in [0.4, 0.5) is 8.78 Å². The monoisotopic (exact) mass is 369 g/mol. The van der Waals surface area contributed by atoms with Crippen LogP contribution in [0.1, 0.15) is 10.4 Å². The van der Waals surface area contributed by atoms with Crippen molar-refractivity contribution in [2.75, 3.05) is 26.2 Å². The van der Waals surface area contributed by atoms with Gasteiger partial charge in [0.05, 0.1) is 5.56 Å². The third-order valence-electron chi connectivity index (χ3n) is 4.12. The van der Waals surface area contributed by atoms with Crippen LogP contribution < -0.4 is 0 Å². The van der Waals surface area contributed by atoms with Gasteiger partial charge in [0.1, 0.15) is 16.5 Å². The summed E-state index contributed by atoms with van der Waals surface area (Å²) in [6.07, 6.45) is 3.45. The summed E-state index contributed by atoms with van der Waals surface area (Å²) in [5.74, 6) is -2.14. The van der Waals surface area contributed by atoms with Gasteiger partial charge in [-0.25, -0.2) is 17.2 Å². The van der Waals surface area contributed by atoms with Gasteiger partial charge in [0, 0.05) is 51.7 Å². The molecule has 0 unspecified atom stereocenters. The molecule has 1 aromatic carbocycles. The molecule has 0 bridgehead atoms. The van der Waals surface area contributed by atoms with E-state index >= 15 is 0 Å². The minimum Gasteiger partial charge on any atom is -0.356 e. The highest BCUT2D eigenvalue weighted by Gasteiger charge is 2.32. The molecule has 1 aliphatic rings. The molecule has 9 heteroatoms. The Bertz CT molecular complexity index is 903. The molecule has 0 aliphatic carbocycles. The van der Waals surface area contributed by atoms with E-state index in [1.54, 1.807) is 35.0 Å². The van der Waals surface area contributed by atoms with E-state index in [0.717, 1.165) is 16.4 Å². The Morgan fingerprint density at radius 2 is 1.76 bits per heavy atom. The Hall–Kier alpha value is -2.26. The predicted molar refractivity (Wildman–Crippen MR) is 86.4 cm³/mol. The van der Waals surface area contributed by atoms with Crippen molar-refractivity contribution in [3.05, 3.63) is 53.9 Å². The van der Waals surface area contributed by atoms with E-state index in [-0.39, 0.29) is 32.1 Å². The molecule has 0 spiro atoms. The summed E-state index contributed by atoms with van der Waals surface area (Å²) in [5.41, 5.74) is 0.531. The quantitative estimate of drug-likeness (QED) is 0.823. The number of rotatable bonds is 3. The second-order valence-corrected chi connectivity index (χ2v) is 7.74. The van der Waals surface area contributed by atoms with Crippen LogP contribution in [0.5, 0.6) is 0 Å². The van der Waals surface area contributed by atoms with Gasteiger partial charge in [-0.3, -0.25) is 4.79 Å². The normalized spacial score (nSPS) is 16.2. The molecule has 1 fully saturated rings. The Morgan fingerprint density at radius 3 is 2.32 bits per heavy atom. The van der Waals surface area contributed by atoms with E-state index in [0.29, 0.717) is 11.6 Å². The molecule has 1 saturated heterocycles. The lowest BCUT2D eigenvalue weighted by atomic mass is 10.2. The Balaban J connectivity index is 1.72. The van der Waals surface area contributed by atoms with Crippen molar-refractivity contribution in [2.24, 2.45) is 7.05 Å². The van der Waals surface area contributed by atoms with E-state index in [1.165, 1.54) is 0 Å². The van der Waals surface area contributed by atoms with Crippen LogP contribution >= 0.6 is 0 Å². The third kappa shape index (κ3) is 3.42. The van der Waals surface area contributed by atoms with Crippen molar-refractivity contribution in [1.29, 1.82) is 0 Å². The van der Waals surface area contributed by atoms with Crippen LogP contribution in [0.15, 0.2) is 41.6 Å². The zero-order valence-corrected chi connectivity index (χ0v) is 14.3. The van der Waals surface area contributed by atoms with Crippen LogP contribution in [0.25, 0.3) is 0 Å². The first-order valence-corrected chi connectivity index (χ1v) is 9.09. The number of amides is 1. The number of nitrogens with zero attached hydrogens (tertiary/aromatic N) is 3. The number of sulfonamides is 1. The smallest absolute Gasteiger partial charge is 0.255 e. The maximum absolute atomic E-state index is 13.8. The lowest BCUT2D eigenvalue weighted by Gasteiger charge is -2.33. The number of carbonyl (C=O) groups excluding carboxylic acids is 1. The number of aromatic nitrogens is 1. The fourth-order valence-corrected chi connectivity index (χ4v) is 4.23. The predicted octanol–water partition coefficient (Wildman–Crippen LogP) is 1.45. The minimum atomic E-state index is -4.07. The van der Waals surface area contributed by atoms with Gasteiger partial charge in [-0.2, -0.15) is 4.31 Å². The second-order valence-electron chi connectivity index (χ2n) is 5.84. The number of benzene rings is 1. The van der Waals surface area contributed by atoms with Gasteiger partial charge in [-0.1, -0.05) is 0 Å². The van der Waals surface area contributed by atoms with Gasteiger partial charge in [-0.05, 0) is 18.2 Å². The molecule has 1 aliphatic heterocycles. The van der Waals surface area contributed by atoms with Gasteiger partial charge >= 0.3 is 0 Å². The molecule has 3 rings (SSSR count). The summed E-state index contributed by atoms with van der Waals surface area (Å²) >= 11 is 0. The molecular formula is C16H17F2N3O3S. The minimum absolute atomic E-state index is 0.0533. The average Bonchev–Trinajstić information content (AvgIpc) is 3.00. The summed E-state index contributed by atoms with van der Waals surface area (Å²) in [4.78, 5) is 13.4. The highest BCUT2D eigenvalue weighted by atomic mass is 32.2. The van der Waals surface area contributed by atoms with E-state index < -0.39 is 26.6 Å². The first kappa shape index (κ1) is 17.6. The van der Waals surface area contributed by atoms with Gasteiger partial charge in [0.2, 0.25) is 10.0 Å². The number of piperazine rings is 1. The molecule has 0 radical (unpaired) electrons. The molecule has 6 nitrogen and oxygen atoms in total. The van der Waals surface area contributed by atoms with Crippen LogP contribution in [-0.4, -0.2) is 54.3 Å². The number of hydrogen-bond donors (Lipinski definition) is 0. The van der Waals surface area contributed by atoms with Crippen LogP contribution in [0.3, 0.4) is 0 Å². The average molecular weight is 369 g/mol. The van der Waals surface area contributed by atoms with E-state index in [2.05, 4.69) is 0 Å². The van der Waals surface area contributed by atoms with Gasteiger partial charge in [0.15, 0.2) is 0 Å². The summed E-state index contributed by atoms with van der Waals surface area (Å²) in [5, 5.41) is 0. The highest BCUT2D eigenvalue weighted by molar-refractivity contribution is 7.89. The Labute approximate surface area is 144 Å². The topological polar surface area (TPSA) is 62.6 Å². The van der Waals surface area contributed by atoms with Crippen molar-refractivity contribution in [2.45, 2.75) is 4.90 Å². The maximum atomic E-state index is 13.8. The number of carbonyl (C=O) groups is 1. The molecule has 134 valence electrons. The number of hydrogen-bond acceptors (Lipinski definition) is 3. The summed E-state index contributed by atoms with van der Waals surface area (Å²) in [7, 11) is -2.27. The van der Waals surface area contributed by atoms with E-state index in [4.69, 9.17) is 0 Å². The van der Waals surface area contributed by atoms with Crippen molar-refractivity contribution >= 4 is 15.9 Å². The lowest BCUT2D eigenvalue weighted by Crippen LogP contribution is -2.50. The van der Waals surface area contributed by atoms with Crippen LogP contribution in [-0.2, 0) is 17.1 Å². The van der Waals surface area contributed by atoms with Gasteiger partial charge < -0.3 is 9.47 Å². The standard InChI is InChI=1S/C16H17F2N3O3S/c1-19-5-4-12(11-19)16(22)20-6-8-21(9-7-20)25(23,24)15-3-2-13(17)10-14(15)18/h2-5,10-11H,6-9H2,1H3. The zero-order chi connectivity index (χ0) is 18.2. The largest absolute Gasteiger partial charge is 0.356 e. The van der Waals surface area contributed by atoms with E-state index in [1.807, 2.05) is 0 Å². The zero-order valence-electron chi connectivity index (χ0n) is 13.5. The Kier molecular flexibility index (Phi) is 4.61. The summed E-state index contributed by atoms with van der Waals surface area (Å²) in [6, 6.07) is 4.06. The molecule has 0 saturated carbocycles. The van der Waals surface area contributed by atoms with Crippen LogP contribution in [0, 0.1) is 11.6 Å². The van der Waals surface area contributed by atoms with Crippen molar-refractivity contribution in [3.63, 3.8) is 0 Å². The first-order chi connectivity index (χ1) is 11.8. The van der Waals surface area contributed by atoms with Gasteiger partial charge in [-0.15, -0.1) is 0 Å². The molecule has 2 aromatic rings. The maximum Gasteiger partial charge on any atom is 0.255 e. The molecule has 25 heavy (non-hydrogen) atoms. The van der Waals surface area contributed by atoms with Crippen molar-refractivity contribution in [3.8, 4) is 0 Å². The lowest BCUT2D eigenvalue weighted by molar-refractivity contribution is 0.0697. The Morgan fingerprint density at radius 1 is 1.08 bits per heavy atom. The molecule has 1 amide bonds. The second kappa shape index (κ2) is 6.57. The van der Waals surface area contributed by atoms with Gasteiger partial charge in [0.25, 0.3) is 5.91 Å². The van der Waals surface area contributed by atoms with Crippen molar-refractivity contribution < 1.29 is 22.0 Å². The number of aryl methyl sites for hydroxylation is 1. The van der Waals surface area contributed by atoms with Crippen molar-refractivity contribution in [1.82, 2.24) is 13.8 Å². The third-order valence-corrected chi connectivity index (χ3v) is 6.05. The number of halogens is 2. The SMILES string of the molecule is Cn1ccc(C(=O)N2CCN(S(=O)(=O)c3ccc(F)cc3F)CC2)c1. The molecule has 0 N–H and O–H groups in total. The fourth-order valence-electron chi connectivity index (χ4n) is 2.77. The fraction of sp³-hybridized carbons (Fsp3) is 0.312.